The molecule has 0 saturated heterocycles. The molecule has 0 aliphatic rings. The van der Waals surface area contributed by atoms with E-state index in [1.54, 1.807) is 0 Å². The van der Waals surface area contributed by atoms with Crippen molar-refractivity contribution in [1.82, 2.24) is 5.32 Å². The van der Waals surface area contributed by atoms with Crippen molar-refractivity contribution in [2.24, 2.45) is 0 Å². The van der Waals surface area contributed by atoms with Crippen LogP contribution < -0.4 is 10.1 Å². The van der Waals surface area contributed by atoms with Crippen molar-refractivity contribution in [2.75, 3.05) is 7.05 Å². The molecule has 2 nitrogen and oxygen atoms in total. The standard InChI is InChI=1S/C17H20ClNO/c1-12(2)20-17-7-5-4-6-15(17)14-9-8-13(11-19-3)10-16(14)18/h4-10,12,19H,11H2,1-3H3. The molecule has 0 saturated carbocycles. The van der Waals surface area contributed by atoms with Crippen molar-refractivity contribution >= 4 is 11.6 Å². The summed E-state index contributed by atoms with van der Waals surface area (Å²) in [5.74, 6) is 0.866. The lowest BCUT2D eigenvalue weighted by Gasteiger charge is -2.15. The van der Waals surface area contributed by atoms with Crippen molar-refractivity contribution < 1.29 is 4.74 Å². The molecular weight excluding hydrogens is 270 g/mol. The number of hydrogen-bond acceptors (Lipinski definition) is 2. The first kappa shape index (κ1) is 14.9. The van der Waals surface area contributed by atoms with Gasteiger partial charge in [0.2, 0.25) is 0 Å². The fourth-order valence-electron chi connectivity index (χ4n) is 2.14. The van der Waals surface area contributed by atoms with E-state index in [0.29, 0.717) is 0 Å². The fraction of sp³-hybridized carbons (Fsp3) is 0.294. The largest absolute Gasteiger partial charge is 0.490 e. The predicted octanol–water partition coefficient (Wildman–Crippen LogP) is 4.51. The van der Waals surface area contributed by atoms with E-state index in [1.165, 1.54) is 5.56 Å². The molecule has 0 amide bonds. The van der Waals surface area contributed by atoms with Crippen LogP contribution in [0.15, 0.2) is 42.5 Å². The molecule has 0 fully saturated rings. The second-order valence-corrected chi connectivity index (χ2v) is 5.41. The predicted molar refractivity (Wildman–Crippen MR) is 85.4 cm³/mol. The van der Waals surface area contributed by atoms with Gasteiger partial charge in [0.25, 0.3) is 0 Å². The van der Waals surface area contributed by atoms with Gasteiger partial charge in [0.1, 0.15) is 5.75 Å². The SMILES string of the molecule is CNCc1ccc(-c2ccccc2OC(C)C)c(Cl)c1. The molecule has 0 radical (unpaired) electrons. The molecule has 0 aliphatic carbocycles. The van der Waals surface area contributed by atoms with Crippen LogP contribution >= 0.6 is 11.6 Å². The third kappa shape index (κ3) is 3.53. The minimum absolute atomic E-state index is 0.137. The van der Waals surface area contributed by atoms with Crippen LogP contribution in [0.5, 0.6) is 5.75 Å². The van der Waals surface area contributed by atoms with Crippen LogP contribution in [0.3, 0.4) is 0 Å². The number of nitrogens with one attached hydrogen (secondary N) is 1. The van der Waals surface area contributed by atoms with Gasteiger partial charge < -0.3 is 10.1 Å². The Hall–Kier alpha value is -1.51. The molecule has 2 rings (SSSR count). The highest BCUT2D eigenvalue weighted by molar-refractivity contribution is 6.33. The Morgan fingerprint density at radius 3 is 2.50 bits per heavy atom. The number of rotatable bonds is 5. The maximum atomic E-state index is 6.42. The van der Waals surface area contributed by atoms with Crippen LogP contribution in [0.4, 0.5) is 0 Å². The summed E-state index contributed by atoms with van der Waals surface area (Å²) in [6.07, 6.45) is 0.137. The fourth-order valence-corrected chi connectivity index (χ4v) is 2.44. The van der Waals surface area contributed by atoms with E-state index in [9.17, 15) is 0 Å². The average molecular weight is 290 g/mol. The molecule has 20 heavy (non-hydrogen) atoms. The van der Waals surface area contributed by atoms with Crippen molar-refractivity contribution in [3.8, 4) is 16.9 Å². The summed E-state index contributed by atoms with van der Waals surface area (Å²) >= 11 is 6.42. The molecule has 0 unspecified atom stereocenters. The highest BCUT2D eigenvalue weighted by Gasteiger charge is 2.11. The first-order chi connectivity index (χ1) is 9.61. The molecule has 0 atom stereocenters. The van der Waals surface area contributed by atoms with Crippen molar-refractivity contribution in [3.05, 3.63) is 53.1 Å². The molecule has 0 heterocycles. The van der Waals surface area contributed by atoms with Crippen LogP contribution in [0, 0.1) is 0 Å². The highest BCUT2D eigenvalue weighted by Crippen LogP contribution is 2.35. The number of ether oxygens (including phenoxy) is 1. The van der Waals surface area contributed by atoms with E-state index in [0.717, 1.165) is 28.4 Å². The zero-order chi connectivity index (χ0) is 14.5. The second-order valence-electron chi connectivity index (χ2n) is 5.01. The molecule has 2 aromatic rings. The topological polar surface area (TPSA) is 21.3 Å². The summed E-state index contributed by atoms with van der Waals surface area (Å²) in [4.78, 5) is 0. The Balaban J connectivity index is 2.41. The number of benzene rings is 2. The van der Waals surface area contributed by atoms with Gasteiger partial charge in [0, 0.05) is 22.7 Å². The lowest BCUT2D eigenvalue weighted by Crippen LogP contribution is -2.07. The molecule has 106 valence electrons. The smallest absolute Gasteiger partial charge is 0.127 e. The molecule has 2 aromatic carbocycles. The number of hydrogen-bond donors (Lipinski definition) is 1. The lowest BCUT2D eigenvalue weighted by atomic mass is 10.0. The van der Waals surface area contributed by atoms with Crippen LogP contribution in [0.2, 0.25) is 5.02 Å². The van der Waals surface area contributed by atoms with Gasteiger partial charge >= 0.3 is 0 Å². The maximum Gasteiger partial charge on any atom is 0.127 e. The van der Waals surface area contributed by atoms with Crippen LogP contribution in [0.1, 0.15) is 19.4 Å². The molecule has 3 heteroatoms. The first-order valence-electron chi connectivity index (χ1n) is 6.81. The average Bonchev–Trinajstić information content (AvgIpc) is 2.40. The van der Waals surface area contributed by atoms with Crippen LogP contribution in [-0.2, 0) is 6.54 Å². The molecule has 1 N–H and O–H groups in total. The van der Waals surface area contributed by atoms with Crippen molar-refractivity contribution in [3.63, 3.8) is 0 Å². The van der Waals surface area contributed by atoms with E-state index in [-0.39, 0.29) is 6.10 Å². The van der Waals surface area contributed by atoms with Crippen molar-refractivity contribution in [2.45, 2.75) is 26.5 Å². The van der Waals surface area contributed by atoms with Gasteiger partial charge in [0.15, 0.2) is 0 Å². The summed E-state index contributed by atoms with van der Waals surface area (Å²) in [5.41, 5.74) is 3.20. The van der Waals surface area contributed by atoms with Crippen LogP contribution in [-0.4, -0.2) is 13.2 Å². The molecule has 0 aliphatic heterocycles. The molecule has 0 spiro atoms. The minimum Gasteiger partial charge on any atom is -0.490 e. The Morgan fingerprint density at radius 1 is 1.10 bits per heavy atom. The Kier molecular flexibility index (Phi) is 5.05. The molecule has 0 aromatic heterocycles. The maximum absolute atomic E-state index is 6.42. The van der Waals surface area contributed by atoms with Gasteiger partial charge in [0.05, 0.1) is 6.10 Å². The van der Waals surface area contributed by atoms with E-state index in [1.807, 2.05) is 51.2 Å². The zero-order valence-corrected chi connectivity index (χ0v) is 12.9. The van der Waals surface area contributed by atoms with Gasteiger partial charge in [-0.1, -0.05) is 41.9 Å². The third-order valence-electron chi connectivity index (χ3n) is 2.95. The quantitative estimate of drug-likeness (QED) is 0.874. The second kappa shape index (κ2) is 6.78. The monoisotopic (exact) mass is 289 g/mol. The first-order valence-corrected chi connectivity index (χ1v) is 7.18. The summed E-state index contributed by atoms with van der Waals surface area (Å²) in [6, 6.07) is 14.1. The van der Waals surface area contributed by atoms with E-state index in [2.05, 4.69) is 17.4 Å². The van der Waals surface area contributed by atoms with Crippen LogP contribution in [0.25, 0.3) is 11.1 Å². The van der Waals surface area contributed by atoms with E-state index in [4.69, 9.17) is 16.3 Å². The normalized spacial score (nSPS) is 10.8. The van der Waals surface area contributed by atoms with E-state index >= 15 is 0 Å². The van der Waals surface area contributed by atoms with Gasteiger partial charge in [-0.25, -0.2) is 0 Å². The van der Waals surface area contributed by atoms with Gasteiger partial charge in [-0.15, -0.1) is 0 Å². The van der Waals surface area contributed by atoms with Gasteiger partial charge in [-0.2, -0.15) is 0 Å². The highest BCUT2D eigenvalue weighted by atomic mass is 35.5. The summed E-state index contributed by atoms with van der Waals surface area (Å²) in [6.45, 7) is 4.85. The van der Waals surface area contributed by atoms with Crippen molar-refractivity contribution in [1.29, 1.82) is 0 Å². The van der Waals surface area contributed by atoms with E-state index < -0.39 is 0 Å². The Bertz CT molecular complexity index is 581. The zero-order valence-electron chi connectivity index (χ0n) is 12.1. The Morgan fingerprint density at radius 2 is 1.85 bits per heavy atom. The Labute approximate surface area is 125 Å². The summed E-state index contributed by atoms with van der Waals surface area (Å²) in [5, 5.41) is 3.87. The summed E-state index contributed by atoms with van der Waals surface area (Å²) in [7, 11) is 1.92. The molecule has 0 bridgehead atoms. The van der Waals surface area contributed by atoms with Gasteiger partial charge in [-0.05, 0) is 38.6 Å². The lowest BCUT2D eigenvalue weighted by molar-refractivity contribution is 0.243. The minimum atomic E-state index is 0.137. The summed E-state index contributed by atoms with van der Waals surface area (Å²) < 4.78 is 5.86. The number of halogens is 1. The number of para-hydroxylation sites is 1. The molecular formula is C17H20ClNO. The third-order valence-corrected chi connectivity index (χ3v) is 3.27. The van der Waals surface area contributed by atoms with Gasteiger partial charge in [-0.3, -0.25) is 0 Å².